The van der Waals surface area contributed by atoms with Gasteiger partial charge in [-0.25, -0.2) is 0 Å². The Balaban J connectivity index is 3.01. The third kappa shape index (κ3) is 3.15. The molecule has 0 spiro atoms. The first-order chi connectivity index (χ1) is 6.93. The average molecular weight is 334 g/mol. The van der Waals surface area contributed by atoms with E-state index in [0.29, 0.717) is 0 Å². The number of Topliss-reactive ketones (excluding diaryl/α,β-unsaturated/α-hetero) is 1. The lowest BCUT2D eigenvalue weighted by Gasteiger charge is -2.18. The van der Waals surface area contributed by atoms with Crippen molar-refractivity contribution in [1.29, 1.82) is 0 Å². The van der Waals surface area contributed by atoms with Crippen LogP contribution in [0.3, 0.4) is 0 Å². The summed E-state index contributed by atoms with van der Waals surface area (Å²) in [5.41, 5.74) is 2.43. The Labute approximate surface area is 108 Å². The molecule has 3 heteroatoms. The molecule has 0 aliphatic rings. The number of ketones is 1. The van der Waals surface area contributed by atoms with E-state index in [2.05, 4.69) is 57.8 Å². The molecule has 2 unspecified atom stereocenters. The largest absolute Gasteiger partial charge is 0.299 e. The Bertz CT molecular complexity index is 374. The highest BCUT2D eigenvalue weighted by molar-refractivity contribution is 9.10. The van der Waals surface area contributed by atoms with Gasteiger partial charge in [-0.15, -0.1) is 0 Å². The van der Waals surface area contributed by atoms with Crippen molar-refractivity contribution in [2.45, 2.75) is 31.5 Å². The molecule has 0 heterocycles. The molecule has 1 aromatic carbocycles. The Morgan fingerprint density at radius 3 is 2.47 bits per heavy atom. The van der Waals surface area contributed by atoms with Crippen molar-refractivity contribution < 1.29 is 4.79 Å². The standard InChI is InChI=1S/C12H14Br2O/c1-7-6-10(13)4-5-11(7)8(2)12(14)9(3)15/h4-6,8,12H,1-3H3. The van der Waals surface area contributed by atoms with Gasteiger partial charge in [0.2, 0.25) is 0 Å². The van der Waals surface area contributed by atoms with Gasteiger partial charge in [0.15, 0.2) is 0 Å². The highest BCUT2D eigenvalue weighted by atomic mass is 79.9. The number of aryl methyl sites for hydroxylation is 1. The van der Waals surface area contributed by atoms with Crippen molar-refractivity contribution >= 4 is 37.6 Å². The van der Waals surface area contributed by atoms with E-state index in [1.165, 1.54) is 11.1 Å². The van der Waals surface area contributed by atoms with Gasteiger partial charge in [0.05, 0.1) is 4.83 Å². The molecule has 0 fully saturated rings. The summed E-state index contributed by atoms with van der Waals surface area (Å²) in [6.07, 6.45) is 0. The minimum atomic E-state index is -0.0997. The van der Waals surface area contributed by atoms with Crippen LogP contribution in [0.5, 0.6) is 0 Å². The SMILES string of the molecule is CC(=O)C(Br)C(C)c1ccc(Br)cc1C. The lowest BCUT2D eigenvalue weighted by Crippen LogP contribution is -2.18. The molecule has 15 heavy (non-hydrogen) atoms. The van der Waals surface area contributed by atoms with Gasteiger partial charge in [-0.3, -0.25) is 4.79 Å². The molecule has 1 nitrogen and oxygen atoms in total. The Kier molecular flexibility index (Phi) is 4.53. The van der Waals surface area contributed by atoms with Crippen LogP contribution in [0.2, 0.25) is 0 Å². The van der Waals surface area contributed by atoms with E-state index < -0.39 is 0 Å². The molecule has 82 valence electrons. The van der Waals surface area contributed by atoms with Crippen LogP contribution in [0, 0.1) is 6.92 Å². The summed E-state index contributed by atoms with van der Waals surface area (Å²) < 4.78 is 1.07. The van der Waals surface area contributed by atoms with Gasteiger partial charge >= 0.3 is 0 Å². The van der Waals surface area contributed by atoms with Crippen molar-refractivity contribution in [2.75, 3.05) is 0 Å². The van der Waals surface area contributed by atoms with Crippen LogP contribution in [0.15, 0.2) is 22.7 Å². The van der Waals surface area contributed by atoms with Gasteiger partial charge in [0.1, 0.15) is 5.78 Å². The van der Waals surface area contributed by atoms with Gasteiger partial charge in [0, 0.05) is 10.4 Å². The number of carbonyl (C=O) groups excluding carboxylic acids is 1. The van der Waals surface area contributed by atoms with E-state index in [1.54, 1.807) is 6.92 Å². The second-order valence-corrected chi connectivity index (χ2v) is 5.70. The zero-order valence-electron chi connectivity index (χ0n) is 9.05. The van der Waals surface area contributed by atoms with Gasteiger partial charge in [-0.05, 0) is 37.1 Å². The van der Waals surface area contributed by atoms with Crippen LogP contribution in [-0.2, 0) is 4.79 Å². The molecular formula is C12H14Br2O. The maximum Gasteiger partial charge on any atom is 0.144 e. The van der Waals surface area contributed by atoms with E-state index in [0.717, 1.165) is 4.47 Å². The molecule has 1 rings (SSSR count). The minimum absolute atomic E-state index is 0.0997. The number of hydrogen-bond donors (Lipinski definition) is 0. The van der Waals surface area contributed by atoms with Gasteiger partial charge in [0.25, 0.3) is 0 Å². The smallest absolute Gasteiger partial charge is 0.144 e. The Hall–Kier alpha value is -0.150. The monoisotopic (exact) mass is 332 g/mol. The predicted molar refractivity (Wildman–Crippen MR) is 70.7 cm³/mol. The Morgan fingerprint density at radius 1 is 1.40 bits per heavy atom. The normalized spacial score (nSPS) is 14.7. The summed E-state index contributed by atoms with van der Waals surface area (Å²) >= 11 is 6.87. The molecule has 1 aromatic rings. The third-order valence-electron chi connectivity index (χ3n) is 2.55. The molecule has 0 saturated heterocycles. The predicted octanol–water partition coefficient (Wildman–Crippen LogP) is 4.21. The fourth-order valence-corrected chi connectivity index (χ4v) is 2.42. The molecular weight excluding hydrogens is 320 g/mol. The van der Waals surface area contributed by atoms with Gasteiger partial charge in [-0.2, -0.15) is 0 Å². The average Bonchev–Trinajstić information content (AvgIpc) is 2.15. The zero-order valence-corrected chi connectivity index (χ0v) is 12.2. The van der Waals surface area contributed by atoms with Crippen molar-refractivity contribution in [3.05, 3.63) is 33.8 Å². The number of halogens is 2. The molecule has 2 atom stereocenters. The summed E-state index contributed by atoms with van der Waals surface area (Å²) in [7, 11) is 0. The number of alkyl halides is 1. The number of hydrogen-bond acceptors (Lipinski definition) is 1. The van der Waals surface area contributed by atoms with Crippen molar-refractivity contribution in [3.63, 3.8) is 0 Å². The van der Waals surface area contributed by atoms with Crippen LogP contribution >= 0.6 is 31.9 Å². The summed E-state index contributed by atoms with van der Waals surface area (Å²) in [5, 5.41) is 0. The second kappa shape index (κ2) is 5.26. The molecule has 0 saturated carbocycles. The van der Waals surface area contributed by atoms with E-state index in [4.69, 9.17) is 0 Å². The van der Waals surface area contributed by atoms with Crippen molar-refractivity contribution in [1.82, 2.24) is 0 Å². The minimum Gasteiger partial charge on any atom is -0.299 e. The first-order valence-corrected chi connectivity index (χ1v) is 6.55. The van der Waals surface area contributed by atoms with Crippen LogP contribution < -0.4 is 0 Å². The first kappa shape index (κ1) is 12.9. The van der Waals surface area contributed by atoms with Crippen LogP contribution in [0.4, 0.5) is 0 Å². The highest BCUT2D eigenvalue weighted by Gasteiger charge is 2.21. The van der Waals surface area contributed by atoms with Gasteiger partial charge in [-0.1, -0.05) is 44.8 Å². The quantitative estimate of drug-likeness (QED) is 0.757. The molecule has 0 aromatic heterocycles. The molecule has 0 bridgehead atoms. The molecule has 0 aliphatic carbocycles. The van der Waals surface area contributed by atoms with Crippen molar-refractivity contribution in [2.24, 2.45) is 0 Å². The molecule has 0 N–H and O–H groups in total. The van der Waals surface area contributed by atoms with Crippen LogP contribution in [-0.4, -0.2) is 10.6 Å². The van der Waals surface area contributed by atoms with E-state index in [-0.39, 0.29) is 16.5 Å². The first-order valence-electron chi connectivity index (χ1n) is 4.84. The second-order valence-electron chi connectivity index (χ2n) is 3.80. The molecule has 0 radical (unpaired) electrons. The Morgan fingerprint density at radius 2 is 2.00 bits per heavy atom. The number of carbonyl (C=O) groups is 1. The highest BCUT2D eigenvalue weighted by Crippen LogP contribution is 2.29. The van der Waals surface area contributed by atoms with Crippen molar-refractivity contribution in [3.8, 4) is 0 Å². The summed E-state index contributed by atoms with van der Waals surface area (Å²) in [6, 6.07) is 6.16. The van der Waals surface area contributed by atoms with E-state index in [1.807, 2.05) is 6.07 Å². The number of benzene rings is 1. The van der Waals surface area contributed by atoms with Crippen LogP contribution in [0.25, 0.3) is 0 Å². The zero-order chi connectivity index (χ0) is 11.6. The summed E-state index contributed by atoms with van der Waals surface area (Å²) in [6.45, 7) is 5.75. The van der Waals surface area contributed by atoms with E-state index in [9.17, 15) is 4.79 Å². The topological polar surface area (TPSA) is 17.1 Å². The maximum absolute atomic E-state index is 11.3. The summed E-state index contributed by atoms with van der Waals surface area (Å²) in [5.74, 6) is 0.375. The lowest BCUT2D eigenvalue weighted by molar-refractivity contribution is -0.116. The summed E-state index contributed by atoms with van der Waals surface area (Å²) in [4.78, 5) is 11.2. The fourth-order valence-electron chi connectivity index (χ4n) is 1.66. The molecule has 0 amide bonds. The van der Waals surface area contributed by atoms with Crippen LogP contribution in [0.1, 0.15) is 30.9 Å². The number of rotatable bonds is 3. The third-order valence-corrected chi connectivity index (χ3v) is 4.48. The molecule has 0 aliphatic heterocycles. The van der Waals surface area contributed by atoms with E-state index >= 15 is 0 Å². The maximum atomic E-state index is 11.3. The van der Waals surface area contributed by atoms with Gasteiger partial charge < -0.3 is 0 Å². The fraction of sp³-hybridized carbons (Fsp3) is 0.417. The lowest BCUT2D eigenvalue weighted by atomic mass is 9.92.